The summed E-state index contributed by atoms with van der Waals surface area (Å²) >= 11 is 0. The Hall–Kier alpha value is -12.7. The molecule has 15 rings (SSSR count). The van der Waals surface area contributed by atoms with Crippen LogP contribution in [0.2, 0.25) is 0 Å². The van der Waals surface area contributed by atoms with Gasteiger partial charge >= 0.3 is 0 Å². The first-order valence-electron chi connectivity index (χ1n) is 28.8. The predicted molar refractivity (Wildman–Crippen MR) is 356 cm³/mol. The van der Waals surface area contributed by atoms with E-state index in [9.17, 15) is 10.5 Å². The van der Waals surface area contributed by atoms with Crippen LogP contribution in [0.5, 0.6) is 0 Å². The van der Waals surface area contributed by atoms with Gasteiger partial charge in [-0.1, -0.05) is 182 Å². The summed E-state index contributed by atoms with van der Waals surface area (Å²) < 4.78 is 4.78. The van der Waals surface area contributed by atoms with Crippen molar-refractivity contribution < 1.29 is 0 Å². The van der Waals surface area contributed by atoms with E-state index in [0.717, 1.165) is 139 Å². The average molecular weight is 1120 g/mol. The van der Waals surface area contributed by atoms with E-state index in [1.165, 1.54) is 0 Å². The molecule has 3 aromatic heterocycles. The fraction of sp³-hybridized carbons (Fsp3) is 0. The maximum Gasteiger partial charge on any atom is 0.187 e. The molecule has 0 unspecified atom stereocenters. The van der Waals surface area contributed by atoms with Crippen LogP contribution in [0.1, 0.15) is 11.1 Å². The highest BCUT2D eigenvalue weighted by Gasteiger charge is 2.24. The number of para-hydroxylation sites is 1. The van der Waals surface area contributed by atoms with Gasteiger partial charge in [-0.3, -0.25) is 0 Å². The summed E-state index contributed by atoms with van der Waals surface area (Å²) in [5, 5.41) is 23.6. The first kappa shape index (κ1) is 52.1. The second kappa shape index (κ2) is 21.8. The zero-order chi connectivity index (χ0) is 59.2. The first-order chi connectivity index (χ1) is 43.4. The first-order valence-corrected chi connectivity index (χ1v) is 28.8. The number of rotatable bonds is 10. The Labute approximate surface area is 507 Å². The summed E-state index contributed by atoms with van der Waals surface area (Å²) in [5.74, 6) is 0.621. The van der Waals surface area contributed by atoms with Crippen LogP contribution >= 0.6 is 0 Å². The summed E-state index contributed by atoms with van der Waals surface area (Å²) in [7, 11) is 0. The van der Waals surface area contributed by atoms with Gasteiger partial charge in [-0.25, -0.2) is 19.7 Å². The molecular weight excluding hydrogens is 1070 g/mol. The van der Waals surface area contributed by atoms with Gasteiger partial charge in [0.15, 0.2) is 17.2 Å². The standard InChI is InChI=1S/C80H46N8/c1-83-64-34-25-55(26-35-64)61-31-40-78-70(45-61)71-46-62(56-27-36-65(84-2)37-28-56)32-41-79(71)88(78)75-42-33-63(73-48-72(57-11-5-3-6-12-57)85-80(86-73)58-13-7-4-8-14-58)47-67(75)66-15-9-10-16-74(66)87-76-38-29-59(53-21-17-51(49-81)18-22-53)43-68(76)69-44-60(30-39-77(69)87)54-23-19-52(50-82)20-24-54/h3-48H. The third-order valence-corrected chi connectivity index (χ3v) is 16.7. The van der Waals surface area contributed by atoms with E-state index in [-0.39, 0.29) is 0 Å². The second-order valence-electron chi connectivity index (χ2n) is 21.7. The van der Waals surface area contributed by atoms with E-state index in [1.807, 2.05) is 133 Å². The molecule has 0 saturated carbocycles. The Morgan fingerprint density at radius 2 is 0.648 bits per heavy atom. The van der Waals surface area contributed by atoms with Crippen molar-refractivity contribution >= 4 is 55.0 Å². The van der Waals surface area contributed by atoms with Gasteiger partial charge in [0, 0.05) is 49.4 Å². The Balaban J connectivity index is 1.01. The Kier molecular flexibility index (Phi) is 12.9. The highest BCUT2D eigenvalue weighted by molar-refractivity contribution is 6.14. The van der Waals surface area contributed by atoms with Crippen molar-refractivity contribution in [2.45, 2.75) is 0 Å². The quantitative estimate of drug-likeness (QED) is 0.128. The molecule has 12 aromatic carbocycles. The van der Waals surface area contributed by atoms with Gasteiger partial charge in [-0.05, 0) is 142 Å². The lowest BCUT2D eigenvalue weighted by molar-refractivity contribution is 1.16. The third-order valence-electron chi connectivity index (χ3n) is 16.7. The van der Waals surface area contributed by atoms with Crippen LogP contribution in [-0.4, -0.2) is 19.1 Å². The van der Waals surface area contributed by atoms with E-state index >= 15 is 0 Å². The van der Waals surface area contributed by atoms with Crippen molar-refractivity contribution in [3.63, 3.8) is 0 Å². The average Bonchev–Trinajstić information content (AvgIpc) is 1.59. The summed E-state index contributed by atoms with van der Waals surface area (Å²) in [6.45, 7) is 15.3. The number of hydrogen-bond acceptors (Lipinski definition) is 4. The fourth-order valence-electron chi connectivity index (χ4n) is 12.3. The van der Waals surface area contributed by atoms with Crippen molar-refractivity contribution in [1.29, 1.82) is 10.5 Å². The molecule has 0 atom stereocenters. The molecule has 0 saturated heterocycles. The number of nitrogens with zero attached hydrogens (tertiary/aromatic N) is 8. The van der Waals surface area contributed by atoms with Crippen molar-refractivity contribution in [3.8, 4) is 113 Å². The maximum atomic E-state index is 9.71. The lowest BCUT2D eigenvalue weighted by Crippen LogP contribution is -2.02. The molecule has 406 valence electrons. The lowest BCUT2D eigenvalue weighted by atomic mass is 9.96. The minimum Gasteiger partial charge on any atom is -0.309 e. The Morgan fingerprint density at radius 1 is 0.295 bits per heavy atom. The van der Waals surface area contributed by atoms with Crippen LogP contribution in [0.15, 0.2) is 279 Å². The van der Waals surface area contributed by atoms with Gasteiger partial charge in [0.05, 0.1) is 81.2 Å². The number of nitriles is 2. The lowest BCUT2D eigenvalue weighted by Gasteiger charge is -2.20. The van der Waals surface area contributed by atoms with Gasteiger partial charge in [0.25, 0.3) is 0 Å². The monoisotopic (exact) mass is 1120 g/mol. The summed E-state index contributed by atoms with van der Waals surface area (Å²) in [4.78, 5) is 17.9. The van der Waals surface area contributed by atoms with E-state index in [1.54, 1.807) is 0 Å². The Morgan fingerprint density at radius 3 is 1.07 bits per heavy atom. The van der Waals surface area contributed by atoms with Crippen LogP contribution in [0.4, 0.5) is 11.4 Å². The van der Waals surface area contributed by atoms with Crippen molar-refractivity contribution in [3.05, 3.63) is 313 Å². The van der Waals surface area contributed by atoms with Gasteiger partial charge in [-0.2, -0.15) is 10.5 Å². The van der Waals surface area contributed by atoms with Crippen LogP contribution in [0.3, 0.4) is 0 Å². The SMILES string of the molecule is [C-]#[N+]c1ccc(-c2ccc3c(c2)c2cc(-c4ccc([N+]#[C-])cc4)ccc2n3-c2ccc(-c3cc(-c4ccccc4)nc(-c4ccccc4)n3)cc2-c2ccccc2-n2c3ccc(-c4ccc(C#N)cc4)cc3c3cc(-c4ccc(C#N)cc4)ccc32)cc1. The summed E-state index contributed by atoms with van der Waals surface area (Å²) in [5.41, 5.74) is 22.8. The highest BCUT2D eigenvalue weighted by Crippen LogP contribution is 2.45. The zero-order valence-electron chi connectivity index (χ0n) is 47.1. The molecule has 0 radical (unpaired) electrons. The largest absolute Gasteiger partial charge is 0.309 e. The van der Waals surface area contributed by atoms with Gasteiger partial charge in [0.1, 0.15) is 0 Å². The molecule has 3 heterocycles. The van der Waals surface area contributed by atoms with E-state index in [2.05, 4.69) is 177 Å². The Bertz CT molecular complexity index is 5150. The maximum absolute atomic E-state index is 9.71. The molecule has 0 spiro atoms. The van der Waals surface area contributed by atoms with Crippen molar-refractivity contribution in [2.75, 3.05) is 0 Å². The molecule has 0 bridgehead atoms. The van der Waals surface area contributed by atoms with Gasteiger partial charge in [-0.15, -0.1) is 0 Å². The summed E-state index contributed by atoms with van der Waals surface area (Å²) in [6.07, 6.45) is 0. The van der Waals surface area contributed by atoms with Gasteiger partial charge < -0.3 is 9.13 Å². The van der Waals surface area contributed by atoms with E-state index in [4.69, 9.17) is 23.1 Å². The number of fused-ring (bicyclic) bond motifs is 6. The minimum atomic E-state index is 0.586. The smallest absolute Gasteiger partial charge is 0.187 e. The molecule has 0 aliphatic carbocycles. The number of aromatic nitrogens is 4. The van der Waals surface area contributed by atoms with Crippen LogP contribution < -0.4 is 0 Å². The highest BCUT2D eigenvalue weighted by atomic mass is 15.0. The molecule has 15 aromatic rings. The van der Waals surface area contributed by atoms with Crippen molar-refractivity contribution in [1.82, 2.24) is 19.1 Å². The molecule has 8 nitrogen and oxygen atoms in total. The van der Waals surface area contributed by atoms with Crippen LogP contribution in [-0.2, 0) is 0 Å². The predicted octanol–water partition coefficient (Wildman–Crippen LogP) is 20.9. The van der Waals surface area contributed by atoms with Crippen LogP contribution in [0, 0.1) is 35.8 Å². The van der Waals surface area contributed by atoms with E-state index < -0.39 is 0 Å². The minimum absolute atomic E-state index is 0.586. The second-order valence-corrected chi connectivity index (χ2v) is 21.7. The normalized spacial score (nSPS) is 11.1. The van der Waals surface area contributed by atoms with Gasteiger partial charge in [0.2, 0.25) is 0 Å². The van der Waals surface area contributed by atoms with Crippen LogP contribution in [0.25, 0.3) is 154 Å². The molecular formula is C80H46N8. The molecule has 0 aliphatic heterocycles. The van der Waals surface area contributed by atoms with E-state index in [0.29, 0.717) is 28.3 Å². The third kappa shape index (κ3) is 9.26. The molecule has 0 aliphatic rings. The molecule has 8 heteroatoms. The summed E-state index contributed by atoms with van der Waals surface area (Å²) in [6, 6.07) is 100.0. The zero-order valence-corrected chi connectivity index (χ0v) is 47.1. The molecule has 0 N–H and O–H groups in total. The topological polar surface area (TPSA) is 91.9 Å². The molecule has 0 fully saturated rings. The molecule has 88 heavy (non-hydrogen) atoms. The number of hydrogen-bond donors (Lipinski definition) is 0. The van der Waals surface area contributed by atoms with Crippen molar-refractivity contribution in [2.24, 2.45) is 0 Å². The molecule has 0 amide bonds. The number of benzene rings is 12. The fourth-order valence-corrected chi connectivity index (χ4v) is 12.3.